The van der Waals surface area contributed by atoms with Gasteiger partial charge < -0.3 is 9.30 Å². The number of aromatic nitrogens is 2. The minimum atomic E-state index is -0.239. The van der Waals surface area contributed by atoms with Crippen LogP contribution in [0.2, 0.25) is 0 Å². The van der Waals surface area contributed by atoms with Gasteiger partial charge in [0.2, 0.25) is 0 Å². The first-order valence-electron chi connectivity index (χ1n) is 5.35. The molecule has 0 radical (unpaired) electrons. The maximum atomic E-state index is 13.0. The molecule has 0 aromatic carbocycles. The van der Waals surface area contributed by atoms with Gasteiger partial charge in [0, 0.05) is 18.7 Å². The summed E-state index contributed by atoms with van der Waals surface area (Å²) in [4.78, 5) is 6.48. The summed E-state index contributed by atoms with van der Waals surface area (Å²) in [5, 5.41) is 0. The van der Waals surface area contributed by atoms with E-state index in [1.807, 2.05) is 14.1 Å². The quantitative estimate of drug-likeness (QED) is 0.790. The van der Waals surface area contributed by atoms with Crippen LogP contribution < -0.4 is 0 Å². The largest absolute Gasteiger partial charge is 0.306 e. The highest BCUT2D eigenvalue weighted by atomic mass is 19.1. The number of imidazole rings is 1. The number of halogens is 1. The van der Waals surface area contributed by atoms with Gasteiger partial charge in [0.1, 0.15) is 5.82 Å². The molecule has 0 saturated heterocycles. The highest BCUT2D eigenvalue weighted by molar-refractivity contribution is 5.52. The van der Waals surface area contributed by atoms with Crippen molar-refractivity contribution in [1.29, 1.82) is 0 Å². The van der Waals surface area contributed by atoms with Crippen LogP contribution in [-0.2, 0) is 6.42 Å². The molecule has 0 aliphatic rings. The molecule has 2 rings (SSSR count). The fourth-order valence-electron chi connectivity index (χ4n) is 1.65. The van der Waals surface area contributed by atoms with Gasteiger partial charge in [0.25, 0.3) is 0 Å². The molecule has 0 bridgehead atoms. The molecule has 2 heterocycles. The van der Waals surface area contributed by atoms with Crippen molar-refractivity contribution in [2.45, 2.75) is 19.4 Å². The highest BCUT2D eigenvalue weighted by Gasteiger charge is 2.11. The molecular weight excluding hydrogens is 205 g/mol. The minimum Gasteiger partial charge on any atom is -0.306 e. The lowest BCUT2D eigenvalue weighted by atomic mass is 10.1. The molecule has 2 aromatic heterocycles. The number of fused-ring (bicyclic) bond motifs is 1. The summed E-state index contributed by atoms with van der Waals surface area (Å²) in [6.45, 7) is 2.15. The molecule has 1 atom stereocenters. The maximum absolute atomic E-state index is 13.0. The van der Waals surface area contributed by atoms with Gasteiger partial charge in [-0.05, 0) is 33.2 Å². The number of hydrogen-bond acceptors (Lipinski definition) is 2. The fraction of sp³-hybridized carbons (Fsp3) is 0.417. The summed E-state index contributed by atoms with van der Waals surface area (Å²) in [5.74, 6) is -0.239. The summed E-state index contributed by atoms with van der Waals surface area (Å²) in [6, 6.07) is 3.67. The number of pyridine rings is 1. The number of nitrogens with zero attached hydrogens (tertiary/aromatic N) is 3. The van der Waals surface area contributed by atoms with E-state index >= 15 is 0 Å². The van der Waals surface area contributed by atoms with Crippen LogP contribution in [0.1, 0.15) is 12.6 Å². The third kappa shape index (κ3) is 2.07. The van der Waals surface area contributed by atoms with Crippen LogP contribution >= 0.6 is 0 Å². The van der Waals surface area contributed by atoms with E-state index in [0.717, 1.165) is 17.6 Å². The Labute approximate surface area is 94.5 Å². The zero-order valence-electron chi connectivity index (χ0n) is 9.81. The van der Waals surface area contributed by atoms with E-state index in [2.05, 4.69) is 16.8 Å². The van der Waals surface area contributed by atoms with Gasteiger partial charge in [-0.25, -0.2) is 9.37 Å². The maximum Gasteiger partial charge on any atom is 0.139 e. The molecular formula is C12H16FN3. The Morgan fingerprint density at radius 1 is 1.44 bits per heavy atom. The van der Waals surface area contributed by atoms with E-state index in [-0.39, 0.29) is 5.82 Å². The van der Waals surface area contributed by atoms with Gasteiger partial charge in [-0.15, -0.1) is 0 Å². The van der Waals surface area contributed by atoms with E-state index in [4.69, 9.17) is 0 Å². The molecule has 4 heteroatoms. The molecule has 0 saturated carbocycles. The van der Waals surface area contributed by atoms with Crippen LogP contribution in [0.5, 0.6) is 0 Å². The van der Waals surface area contributed by atoms with E-state index in [1.165, 1.54) is 12.3 Å². The third-order valence-corrected chi connectivity index (χ3v) is 2.94. The molecule has 0 fully saturated rings. The van der Waals surface area contributed by atoms with Crippen molar-refractivity contribution < 1.29 is 4.39 Å². The first kappa shape index (κ1) is 11.1. The van der Waals surface area contributed by atoms with E-state index in [0.29, 0.717) is 6.04 Å². The van der Waals surface area contributed by atoms with Crippen molar-refractivity contribution in [3.05, 3.63) is 36.2 Å². The Morgan fingerprint density at radius 2 is 2.19 bits per heavy atom. The normalized spacial score (nSPS) is 13.6. The first-order valence-corrected chi connectivity index (χ1v) is 5.35. The van der Waals surface area contributed by atoms with Crippen molar-refractivity contribution in [1.82, 2.24) is 14.3 Å². The van der Waals surface area contributed by atoms with Crippen molar-refractivity contribution in [2.24, 2.45) is 0 Å². The van der Waals surface area contributed by atoms with E-state index < -0.39 is 0 Å². The highest BCUT2D eigenvalue weighted by Crippen LogP contribution is 2.13. The van der Waals surface area contributed by atoms with Crippen LogP contribution in [0.4, 0.5) is 4.39 Å². The van der Waals surface area contributed by atoms with Gasteiger partial charge >= 0.3 is 0 Å². The zero-order chi connectivity index (χ0) is 11.7. The predicted octanol–water partition coefficient (Wildman–Crippen LogP) is 1.97. The Kier molecular flexibility index (Phi) is 2.92. The lowest BCUT2D eigenvalue weighted by Gasteiger charge is -2.18. The zero-order valence-corrected chi connectivity index (χ0v) is 9.81. The van der Waals surface area contributed by atoms with E-state index in [1.54, 1.807) is 16.8 Å². The van der Waals surface area contributed by atoms with Crippen molar-refractivity contribution in [2.75, 3.05) is 14.1 Å². The second-order valence-electron chi connectivity index (χ2n) is 4.35. The van der Waals surface area contributed by atoms with Crippen LogP contribution in [-0.4, -0.2) is 34.4 Å². The Morgan fingerprint density at radius 3 is 2.88 bits per heavy atom. The second kappa shape index (κ2) is 4.22. The molecule has 0 aliphatic heterocycles. The predicted molar refractivity (Wildman–Crippen MR) is 62.0 cm³/mol. The summed E-state index contributed by atoms with van der Waals surface area (Å²) in [5.41, 5.74) is 2.00. The van der Waals surface area contributed by atoms with Gasteiger partial charge in [0.15, 0.2) is 0 Å². The smallest absolute Gasteiger partial charge is 0.139 e. The standard InChI is InChI=1S/C12H16FN3/c1-9(15(2)3)6-11-12-5-4-10(13)7-16(12)8-14-11/h4-5,7-9H,6H2,1-3H3/t9-/m1/s1. The Hall–Kier alpha value is -1.42. The van der Waals surface area contributed by atoms with Gasteiger partial charge in [-0.1, -0.05) is 0 Å². The van der Waals surface area contributed by atoms with Crippen molar-refractivity contribution in [3.63, 3.8) is 0 Å². The Balaban J connectivity index is 2.32. The summed E-state index contributed by atoms with van der Waals surface area (Å²) in [6.07, 6.45) is 3.98. The van der Waals surface area contributed by atoms with Gasteiger partial charge in [-0.3, -0.25) is 0 Å². The van der Waals surface area contributed by atoms with Crippen LogP contribution in [0.15, 0.2) is 24.7 Å². The SMILES string of the molecule is C[C@H](Cc1ncn2cc(F)ccc12)N(C)C. The molecule has 0 unspecified atom stereocenters. The van der Waals surface area contributed by atoms with Crippen molar-refractivity contribution >= 4 is 5.52 Å². The number of rotatable bonds is 3. The molecule has 0 N–H and O–H groups in total. The third-order valence-electron chi connectivity index (χ3n) is 2.94. The summed E-state index contributed by atoms with van der Waals surface area (Å²) < 4.78 is 14.7. The van der Waals surface area contributed by atoms with Crippen LogP contribution in [0, 0.1) is 5.82 Å². The molecule has 0 spiro atoms. The van der Waals surface area contributed by atoms with Crippen molar-refractivity contribution in [3.8, 4) is 0 Å². The number of likely N-dealkylation sites (N-methyl/N-ethyl adjacent to an activating group) is 1. The molecule has 0 amide bonds. The second-order valence-corrected chi connectivity index (χ2v) is 4.35. The molecule has 2 aromatic rings. The van der Waals surface area contributed by atoms with E-state index in [9.17, 15) is 4.39 Å². The topological polar surface area (TPSA) is 20.5 Å². The molecule has 16 heavy (non-hydrogen) atoms. The Bertz CT molecular complexity index is 490. The number of hydrogen-bond donors (Lipinski definition) is 0. The lowest BCUT2D eigenvalue weighted by Crippen LogP contribution is -2.26. The fourth-order valence-corrected chi connectivity index (χ4v) is 1.65. The monoisotopic (exact) mass is 221 g/mol. The molecule has 3 nitrogen and oxygen atoms in total. The van der Waals surface area contributed by atoms with Gasteiger partial charge in [-0.2, -0.15) is 0 Å². The molecule has 0 aliphatic carbocycles. The minimum absolute atomic E-state index is 0.239. The van der Waals surface area contributed by atoms with Gasteiger partial charge in [0.05, 0.1) is 17.5 Å². The first-order chi connectivity index (χ1) is 7.58. The average Bonchev–Trinajstić information content (AvgIpc) is 2.60. The summed E-state index contributed by atoms with van der Waals surface area (Å²) in [7, 11) is 4.09. The molecule has 86 valence electrons. The van der Waals surface area contributed by atoms with Crippen LogP contribution in [0.25, 0.3) is 5.52 Å². The lowest BCUT2D eigenvalue weighted by molar-refractivity contribution is 0.311. The summed E-state index contributed by atoms with van der Waals surface area (Å²) >= 11 is 0. The van der Waals surface area contributed by atoms with Crippen LogP contribution in [0.3, 0.4) is 0 Å². The average molecular weight is 221 g/mol.